The van der Waals surface area contributed by atoms with Gasteiger partial charge in [0.05, 0.1) is 11.5 Å². The summed E-state index contributed by atoms with van der Waals surface area (Å²) in [4.78, 5) is 0. The highest BCUT2D eigenvalue weighted by Crippen LogP contribution is 2.12. The van der Waals surface area contributed by atoms with E-state index in [4.69, 9.17) is 0 Å². The first-order valence-corrected chi connectivity index (χ1v) is 10.1. The molecule has 0 radical (unpaired) electrons. The fourth-order valence-corrected chi connectivity index (χ4v) is 4.80. The van der Waals surface area contributed by atoms with Crippen molar-refractivity contribution in [2.24, 2.45) is 0 Å². The van der Waals surface area contributed by atoms with Crippen LogP contribution in [0.1, 0.15) is 19.8 Å². The standard InChI is InChI=1S/C11H25N3O4S2/c1-3-5-12-6-4-7-13(2)20(17,18)14-8-10-19(15,16)11-9-14/h12H,3-11H2,1-2H3. The monoisotopic (exact) mass is 327 g/mol. The Labute approximate surface area is 122 Å². The number of hydrogen-bond acceptors (Lipinski definition) is 5. The molecule has 1 fully saturated rings. The molecule has 1 aliphatic heterocycles. The molecule has 20 heavy (non-hydrogen) atoms. The number of rotatable bonds is 8. The molecule has 1 heterocycles. The van der Waals surface area contributed by atoms with E-state index in [1.807, 2.05) is 0 Å². The molecule has 1 aliphatic rings. The van der Waals surface area contributed by atoms with Crippen molar-refractivity contribution in [3.8, 4) is 0 Å². The van der Waals surface area contributed by atoms with Crippen LogP contribution in [0.15, 0.2) is 0 Å². The molecule has 7 nitrogen and oxygen atoms in total. The molecule has 0 aliphatic carbocycles. The van der Waals surface area contributed by atoms with Gasteiger partial charge in [0, 0.05) is 26.7 Å². The van der Waals surface area contributed by atoms with E-state index in [9.17, 15) is 16.8 Å². The van der Waals surface area contributed by atoms with Crippen LogP contribution in [0, 0.1) is 0 Å². The van der Waals surface area contributed by atoms with Gasteiger partial charge in [0.25, 0.3) is 10.2 Å². The van der Waals surface area contributed by atoms with Crippen molar-refractivity contribution in [1.82, 2.24) is 13.9 Å². The third-order valence-electron chi connectivity index (χ3n) is 3.28. The molecular formula is C11H25N3O4S2. The van der Waals surface area contributed by atoms with E-state index in [-0.39, 0.29) is 24.6 Å². The topological polar surface area (TPSA) is 86.8 Å². The van der Waals surface area contributed by atoms with Crippen molar-refractivity contribution in [3.63, 3.8) is 0 Å². The number of hydrogen-bond donors (Lipinski definition) is 1. The van der Waals surface area contributed by atoms with E-state index < -0.39 is 20.0 Å². The molecular weight excluding hydrogens is 302 g/mol. The molecule has 0 bridgehead atoms. The van der Waals surface area contributed by atoms with Crippen molar-refractivity contribution >= 4 is 20.0 Å². The van der Waals surface area contributed by atoms with Crippen LogP contribution in [0.3, 0.4) is 0 Å². The maximum Gasteiger partial charge on any atom is 0.281 e. The fourth-order valence-electron chi connectivity index (χ4n) is 1.97. The second kappa shape index (κ2) is 7.69. The Bertz CT molecular complexity index is 476. The van der Waals surface area contributed by atoms with Crippen LogP contribution in [0.25, 0.3) is 0 Å². The summed E-state index contributed by atoms with van der Waals surface area (Å²) in [6.45, 7) is 4.34. The van der Waals surface area contributed by atoms with Crippen LogP contribution < -0.4 is 5.32 Å². The maximum absolute atomic E-state index is 12.3. The summed E-state index contributed by atoms with van der Waals surface area (Å²) < 4.78 is 49.7. The van der Waals surface area contributed by atoms with E-state index in [2.05, 4.69) is 12.2 Å². The Hall–Kier alpha value is -0.220. The minimum atomic E-state index is -3.53. The molecule has 1 rings (SSSR count). The summed E-state index contributed by atoms with van der Waals surface area (Å²) in [7, 11) is -5.05. The highest BCUT2D eigenvalue weighted by Gasteiger charge is 2.32. The number of nitrogens with one attached hydrogen (secondary N) is 1. The summed E-state index contributed by atoms with van der Waals surface area (Å²) in [6.07, 6.45) is 1.79. The van der Waals surface area contributed by atoms with Crippen molar-refractivity contribution in [1.29, 1.82) is 0 Å². The zero-order valence-corrected chi connectivity index (χ0v) is 13.8. The lowest BCUT2D eigenvalue weighted by Gasteiger charge is -2.30. The predicted octanol–water partition coefficient (Wildman–Crippen LogP) is -0.717. The Kier molecular flexibility index (Phi) is 6.86. The van der Waals surface area contributed by atoms with Crippen LogP contribution in [-0.4, -0.2) is 76.7 Å². The minimum absolute atomic E-state index is 0.0586. The lowest BCUT2D eigenvalue weighted by atomic mass is 10.4. The average molecular weight is 327 g/mol. The average Bonchev–Trinajstić information content (AvgIpc) is 2.37. The largest absolute Gasteiger partial charge is 0.317 e. The first-order chi connectivity index (χ1) is 9.29. The van der Waals surface area contributed by atoms with Gasteiger partial charge in [-0.15, -0.1) is 0 Å². The molecule has 9 heteroatoms. The van der Waals surface area contributed by atoms with Crippen molar-refractivity contribution < 1.29 is 16.8 Å². The van der Waals surface area contributed by atoms with Crippen molar-refractivity contribution in [2.45, 2.75) is 19.8 Å². The van der Waals surface area contributed by atoms with Gasteiger partial charge in [0.1, 0.15) is 0 Å². The highest BCUT2D eigenvalue weighted by molar-refractivity contribution is 7.91. The van der Waals surface area contributed by atoms with Crippen LogP contribution in [0.4, 0.5) is 0 Å². The Morgan fingerprint density at radius 1 is 1.20 bits per heavy atom. The van der Waals surface area contributed by atoms with Crippen molar-refractivity contribution in [3.05, 3.63) is 0 Å². The van der Waals surface area contributed by atoms with Gasteiger partial charge < -0.3 is 5.32 Å². The third-order valence-corrected chi connectivity index (χ3v) is 6.87. The van der Waals surface area contributed by atoms with Crippen LogP contribution in [-0.2, 0) is 20.0 Å². The van der Waals surface area contributed by atoms with Gasteiger partial charge in [-0.3, -0.25) is 0 Å². The zero-order chi connectivity index (χ0) is 15.2. The van der Waals surface area contributed by atoms with Crippen LogP contribution in [0.2, 0.25) is 0 Å². The fraction of sp³-hybridized carbons (Fsp3) is 1.00. The van der Waals surface area contributed by atoms with E-state index in [0.717, 1.165) is 25.9 Å². The van der Waals surface area contributed by atoms with E-state index in [1.54, 1.807) is 0 Å². The lowest BCUT2D eigenvalue weighted by Crippen LogP contribution is -2.49. The first kappa shape index (κ1) is 17.8. The molecule has 120 valence electrons. The van der Waals surface area contributed by atoms with Crippen LogP contribution >= 0.6 is 0 Å². The maximum atomic E-state index is 12.3. The molecule has 0 saturated carbocycles. The van der Waals surface area contributed by atoms with Crippen LogP contribution in [0.5, 0.6) is 0 Å². The molecule has 0 aromatic rings. The van der Waals surface area contributed by atoms with Gasteiger partial charge in [-0.05, 0) is 25.9 Å². The second-order valence-corrected chi connectivity index (χ2v) is 9.32. The molecule has 0 aromatic heterocycles. The summed E-state index contributed by atoms with van der Waals surface area (Å²) in [5, 5.41) is 3.22. The summed E-state index contributed by atoms with van der Waals surface area (Å²) in [5.74, 6) is -0.170. The number of sulfone groups is 1. The zero-order valence-electron chi connectivity index (χ0n) is 12.2. The third kappa shape index (κ3) is 5.28. The Morgan fingerprint density at radius 3 is 2.35 bits per heavy atom. The van der Waals surface area contributed by atoms with E-state index in [1.165, 1.54) is 15.7 Å². The molecule has 0 atom stereocenters. The minimum Gasteiger partial charge on any atom is -0.317 e. The molecule has 0 unspecified atom stereocenters. The highest BCUT2D eigenvalue weighted by atomic mass is 32.2. The molecule has 0 aromatic carbocycles. The lowest BCUT2D eigenvalue weighted by molar-refractivity contribution is 0.367. The van der Waals surface area contributed by atoms with Gasteiger partial charge in [-0.1, -0.05) is 6.92 Å². The molecule has 1 saturated heterocycles. The van der Waals surface area contributed by atoms with Crippen molar-refractivity contribution in [2.75, 3.05) is 51.3 Å². The SMILES string of the molecule is CCCNCCCN(C)S(=O)(=O)N1CCS(=O)(=O)CC1. The van der Waals surface area contributed by atoms with Gasteiger partial charge in [-0.25, -0.2) is 8.42 Å². The van der Waals surface area contributed by atoms with E-state index in [0.29, 0.717) is 6.54 Å². The normalized spacial score (nSPS) is 20.4. The van der Waals surface area contributed by atoms with Gasteiger partial charge in [0.2, 0.25) is 0 Å². The Morgan fingerprint density at radius 2 is 1.80 bits per heavy atom. The summed E-state index contributed by atoms with van der Waals surface area (Å²) >= 11 is 0. The summed E-state index contributed by atoms with van der Waals surface area (Å²) in [5.41, 5.74) is 0. The summed E-state index contributed by atoms with van der Waals surface area (Å²) in [6, 6.07) is 0. The molecule has 0 spiro atoms. The van der Waals surface area contributed by atoms with Gasteiger partial charge in [0.15, 0.2) is 9.84 Å². The van der Waals surface area contributed by atoms with Gasteiger partial charge in [-0.2, -0.15) is 17.0 Å². The Balaban J connectivity index is 2.43. The van der Waals surface area contributed by atoms with E-state index >= 15 is 0 Å². The molecule has 1 N–H and O–H groups in total. The number of nitrogens with zero attached hydrogens (tertiary/aromatic N) is 2. The quantitative estimate of drug-likeness (QED) is 0.595. The van der Waals surface area contributed by atoms with Gasteiger partial charge >= 0.3 is 0 Å². The second-order valence-electron chi connectivity index (χ2n) is 4.98. The first-order valence-electron chi connectivity index (χ1n) is 6.92. The molecule has 0 amide bonds. The smallest absolute Gasteiger partial charge is 0.281 e. The predicted molar refractivity (Wildman–Crippen MR) is 79.6 cm³/mol.